The molecule has 2 atom stereocenters. The van der Waals surface area contributed by atoms with E-state index in [-0.39, 0.29) is 6.42 Å². The van der Waals surface area contributed by atoms with Gasteiger partial charge in [0.1, 0.15) is 17.8 Å². The Kier molecular flexibility index (Phi) is 6.73. The SMILES string of the molecule is C[C@H](NC(=O)[C@H](Cc1ccccc1)NC(=O)/C=C\c1ccco1)C(=O)O. The van der Waals surface area contributed by atoms with Crippen molar-refractivity contribution in [1.29, 1.82) is 0 Å². The van der Waals surface area contributed by atoms with E-state index in [1.165, 1.54) is 25.3 Å². The molecule has 0 aliphatic carbocycles. The predicted octanol–water partition coefficient (Wildman–Crippen LogP) is 1.61. The summed E-state index contributed by atoms with van der Waals surface area (Å²) in [5.41, 5.74) is 0.839. The first-order valence-electron chi connectivity index (χ1n) is 8.05. The van der Waals surface area contributed by atoms with Crippen LogP contribution in [0.5, 0.6) is 0 Å². The molecule has 0 spiro atoms. The highest BCUT2D eigenvalue weighted by atomic mass is 16.4. The highest BCUT2D eigenvalue weighted by Gasteiger charge is 2.24. The number of hydrogen-bond donors (Lipinski definition) is 3. The summed E-state index contributed by atoms with van der Waals surface area (Å²) in [5.74, 6) is -1.70. The molecule has 2 amide bonds. The Bertz CT molecular complexity index is 768. The highest BCUT2D eigenvalue weighted by molar-refractivity contribution is 5.96. The molecule has 0 unspecified atom stereocenters. The lowest BCUT2D eigenvalue weighted by Crippen LogP contribution is -2.51. The summed E-state index contributed by atoms with van der Waals surface area (Å²) in [6.07, 6.45) is 4.45. The van der Waals surface area contributed by atoms with Crippen molar-refractivity contribution < 1.29 is 23.9 Å². The Morgan fingerprint density at radius 2 is 1.85 bits per heavy atom. The third-order valence-corrected chi connectivity index (χ3v) is 3.59. The van der Waals surface area contributed by atoms with Gasteiger partial charge in [-0.3, -0.25) is 14.4 Å². The van der Waals surface area contributed by atoms with Crippen molar-refractivity contribution in [2.24, 2.45) is 0 Å². The molecule has 2 aromatic rings. The first-order chi connectivity index (χ1) is 12.5. The molecule has 0 aliphatic heterocycles. The van der Waals surface area contributed by atoms with E-state index in [1.54, 1.807) is 12.1 Å². The van der Waals surface area contributed by atoms with Crippen molar-refractivity contribution in [3.63, 3.8) is 0 Å². The number of rotatable bonds is 8. The number of hydrogen-bond acceptors (Lipinski definition) is 4. The zero-order chi connectivity index (χ0) is 18.9. The minimum atomic E-state index is -1.15. The van der Waals surface area contributed by atoms with Crippen molar-refractivity contribution >= 4 is 23.9 Å². The number of carboxylic acids is 1. The fourth-order valence-electron chi connectivity index (χ4n) is 2.20. The Hall–Kier alpha value is -3.35. The molecule has 7 nitrogen and oxygen atoms in total. The molecule has 7 heteroatoms. The van der Waals surface area contributed by atoms with Crippen LogP contribution in [0.2, 0.25) is 0 Å². The van der Waals surface area contributed by atoms with E-state index in [2.05, 4.69) is 10.6 Å². The molecule has 0 saturated carbocycles. The number of nitrogens with one attached hydrogen (secondary N) is 2. The number of carboxylic acid groups (broad SMARTS) is 1. The van der Waals surface area contributed by atoms with E-state index in [4.69, 9.17) is 9.52 Å². The minimum Gasteiger partial charge on any atom is -0.480 e. The van der Waals surface area contributed by atoms with Gasteiger partial charge in [0.15, 0.2) is 0 Å². The van der Waals surface area contributed by atoms with Crippen molar-refractivity contribution in [1.82, 2.24) is 10.6 Å². The Labute approximate surface area is 150 Å². The summed E-state index contributed by atoms with van der Waals surface area (Å²) in [7, 11) is 0. The number of benzene rings is 1. The van der Waals surface area contributed by atoms with Crippen molar-refractivity contribution in [3.05, 3.63) is 66.1 Å². The quantitative estimate of drug-likeness (QED) is 0.623. The van der Waals surface area contributed by atoms with E-state index in [0.717, 1.165) is 5.56 Å². The van der Waals surface area contributed by atoms with Crippen LogP contribution in [0, 0.1) is 0 Å². The maximum atomic E-state index is 12.4. The monoisotopic (exact) mass is 356 g/mol. The molecule has 1 heterocycles. The zero-order valence-corrected chi connectivity index (χ0v) is 14.2. The highest BCUT2D eigenvalue weighted by Crippen LogP contribution is 2.05. The largest absolute Gasteiger partial charge is 0.480 e. The van der Waals surface area contributed by atoms with Crippen LogP contribution in [0.15, 0.2) is 59.2 Å². The Balaban J connectivity index is 2.07. The summed E-state index contributed by atoms with van der Waals surface area (Å²) in [6.45, 7) is 1.36. The van der Waals surface area contributed by atoms with E-state index in [0.29, 0.717) is 5.76 Å². The molecule has 26 heavy (non-hydrogen) atoms. The zero-order valence-electron chi connectivity index (χ0n) is 14.2. The molecule has 3 N–H and O–H groups in total. The number of carbonyl (C=O) groups excluding carboxylic acids is 2. The second-order valence-electron chi connectivity index (χ2n) is 5.67. The molecular weight excluding hydrogens is 336 g/mol. The van der Waals surface area contributed by atoms with Crippen LogP contribution in [0.25, 0.3) is 6.08 Å². The molecule has 1 aromatic carbocycles. The molecule has 2 rings (SSSR count). The third-order valence-electron chi connectivity index (χ3n) is 3.59. The summed E-state index contributed by atoms with van der Waals surface area (Å²) in [5, 5.41) is 13.9. The van der Waals surface area contributed by atoms with Gasteiger partial charge in [-0.15, -0.1) is 0 Å². The predicted molar refractivity (Wildman–Crippen MR) is 95.1 cm³/mol. The van der Waals surface area contributed by atoms with Gasteiger partial charge in [-0.1, -0.05) is 30.3 Å². The number of amides is 2. The standard InChI is InChI=1S/C19H20N2O5/c1-13(19(24)25)20-18(23)16(12-14-6-3-2-4-7-14)21-17(22)10-9-15-8-5-11-26-15/h2-11,13,16H,12H2,1H3,(H,20,23)(H,21,22)(H,24,25)/b10-9-/t13-,16-/m0/s1. The Morgan fingerprint density at radius 1 is 1.12 bits per heavy atom. The van der Waals surface area contributed by atoms with Gasteiger partial charge >= 0.3 is 5.97 Å². The van der Waals surface area contributed by atoms with Gasteiger partial charge in [-0.05, 0) is 30.7 Å². The smallest absolute Gasteiger partial charge is 0.325 e. The summed E-state index contributed by atoms with van der Waals surface area (Å²) >= 11 is 0. The van der Waals surface area contributed by atoms with E-state index < -0.39 is 29.9 Å². The fraction of sp³-hybridized carbons (Fsp3) is 0.211. The number of furan rings is 1. The molecular formula is C19H20N2O5. The van der Waals surface area contributed by atoms with Crippen LogP contribution in [0.1, 0.15) is 18.2 Å². The first kappa shape index (κ1) is 19.0. The van der Waals surface area contributed by atoms with Crippen molar-refractivity contribution in [2.45, 2.75) is 25.4 Å². The minimum absolute atomic E-state index is 0.235. The molecule has 0 fully saturated rings. The van der Waals surface area contributed by atoms with E-state index in [9.17, 15) is 14.4 Å². The molecule has 0 radical (unpaired) electrons. The second kappa shape index (κ2) is 9.22. The van der Waals surface area contributed by atoms with Crippen LogP contribution >= 0.6 is 0 Å². The van der Waals surface area contributed by atoms with Gasteiger partial charge in [-0.2, -0.15) is 0 Å². The topological polar surface area (TPSA) is 109 Å². The molecule has 0 saturated heterocycles. The summed E-state index contributed by atoms with van der Waals surface area (Å²) in [4.78, 5) is 35.5. The maximum absolute atomic E-state index is 12.4. The summed E-state index contributed by atoms with van der Waals surface area (Å²) < 4.78 is 5.10. The number of carbonyl (C=O) groups is 3. The second-order valence-corrected chi connectivity index (χ2v) is 5.67. The van der Waals surface area contributed by atoms with Crippen molar-refractivity contribution in [3.8, 4) is 0 Å². The Morgan fingerprint density at radius 3 is 2.46 bits per heavy atom. The fourth-order valence-corrected chi connectivity index (χ4v) is 2.20. The van der Waals surface area contributed by atoms with Gasteiger partial charge in [0, 0.05) is 12.5 Å². The average Bonchev–Trinajstić information content (AvgIpc) is 3.13. The number of aliphatic carboxylic acids is 1. The van der Waals surface area contributed by atoms with Crippen LogP contribution in [-0.2, 0) is 20.8 Å². The van der Waals surface area contributed by atoms with Gasteiger partial charge < -0.3 is 20.2 Å². The third kappa shape index (κ3) is 5.94. The molecule has 0 bridgehead atoms. The van der Waals surface area contributed by atoms with Gasteiger partial charge in [0.2, 0.25) is 11.8 Å². The van der Waals surface area contributed by atoms with Gasteiger partial charge in [0.05, 0.1) is 6.26 Å². The van der Waals surface area contributed by atoms with Crippen LogP contribution < -0.4 is 10.6 Å². The first-order valence-corrected chi connectivity index (χ1v) is 8.05. The van der Waals surface area contributed by atoms with Gasteiger partial charge in [0.25, 0.3) is 0 Å². The van der Waals surface area contributed by atoms with E-state index >= 15 is 0 Å². The van der Waals surface area contributed by atoms with Gasteiger partial charge in [-0.25, -0.2) is 0 Å². The maximum Gasteiger partial charge on any atom is 0.325 e. The van der Waals surface area contributed by atoms with E-state index in [1.807, 2.05) is 30.3 Å². The normalized spacial score (nSPS) is 13.1. The summed E-state index contributed by atoms with van der Waals surface area (Å²) in [6, 6.07) is 10.5. The molecule has 136 valence electrons. The lowest BCUT2D eigenvalue weighted by Gasteiger charge is -2.19. The molecule has 1 aromatic heterocycles. The average molecular weight is 356 g/mol. The van der Waals surface area contributed by atoms with Crippen LogP contribution in [0.4, 0.5) is 0 Å². The lowest BCUT2D eigenvalue weighted by atomic mass is 10.0. The van der Waals surface area contributed by atoms with Crippen LogP contribution in [0.3, 0.4) is 0 Å². The lowest BCUT2D eigenvalue weighted by molar-refractivity contribution is -0.141. The van der Waals surface area contributed by atoms with Crippen LogP contribution in [-0.4, -0.2) is 35.0 Å². The van der Waals surface area contributed by atoms with Crippen molar-refractivity contribution in [2.75, 3.05) is 0 Å². The molecule has 0 aliphatic rings.